The lowest BCUT2D eigenvalue weighted by molar-refractivity contribution is -0.121. The second kappa shape index (κ2) is 9.37. The van der Waals surface area contributed by atoms with Crippen molar-refractivity contribution in [3.05, 3.63) is 84.4 Å². The molecular weight excluding hydrogens is 446 g/mol. The highest BCUT2D eigenvalue weighted by Gasteiger charge is 2.30. The molecule has 0 atom stereocenters. The van der Waals surface area contributed by atoms with Crippen LogP contribution in [-0.2, 0) is 21.2 Å². The van der Waals surface area contributed by atoms with Gasteiger partial charge in [0.25, 0.3) is 15.9 Å². The van der Waals surface area contributed by atoms with Gasteiger partial charge in [-0.1, -0.05) is 36.4 Å². The van der Waals surface area contributed by atoms with E-state index in [1.165, 1.54) is 16.4 Å². The Hall–Kier alpha value is -3.43. The molecule has 0 fully saturated rings. The fourth-order valence-corrected chi connectivity index (χ4v) is 5.12. The number of nitrogens with zero attached hydrogens (tertiary/aromatic N) is 1. The van der Waals surface area contributed by atoms with E-state index < -0.39 is 15.9 Å². The molecule has 3 aromatic carbocycles. The summed E-state index contributed by atoms with van der Waals surface area (Å²) in [5.74, 6) is 0.178. The van der Waals surface area contributed by atoms with Gasteiger partial charge in [0.05, 0.1) is 10.6 Å². The third kappa shape index (κ3) is 4.90. The van der Waals surface area contributed by atoms with Gasteiger partial charge in [0.15, 0.2) is 11.7 Å². The van der Waals surface area contributed by atoms with Gasteiger partial charge in [0.2, 0.25) is 0 Å². The Morgan fingerprint density at radius 1 is 0.969 bits per heavy atom. The Balaban J connectivity index is 1.34. The van der Waals surface area contributed by atoms with Crippen molar-refractivity contribution in [3.8, 4) is 5.75 Å². The van der Waals surface area contributed by atoms with Crippen molar-refractivity contribution in [2.75, 3.05) is 22.8 Å². The van der Waals surface area contributed by atoms with Gasteiger partial charge in [-0.05, 0) is 66.7 Å². The molecule has 0 saturated heterocycles. The number of anilines is 2. The minimum atomic E-state index is -3.66. The summed E-state index contributed by atoms with van der Waals surface area (Å²) in [4.78, 5) is 12.2. The molecule has 0 aromatic heterocycles. The van der Waals surface area contributed by atoms with Crippen LogP contribution in [0.25, 0.3) is 0 Å². The topological polar surface area (TPSA) is 87.7 Å². The minimum absolute atomic E-state index is 0.0933. The number of benzene rings is 3. The van der Waals surface area contributed by atoms with Crippen LogP contribution in [0.3, 0.4) is 0 Å². The number of para-hydroxylation sites is 2. The van der Waals surface area contributed by atoms with Gasteiger partial charge in [-0.15, -0.1) is 0 Å². The van der Waals surface area contributed by atoms with Crippen LogP contribution in [0, 0.1) is 0 Å². The van der Waals surface area contributed by atoms with Crippen molar-refractivity contribution in [2.45, 2.75) is 11.3 Å². The zero-order valence-electron chi connectivity index (χ0n) is 17.0. The van der Waals surface area contributed by atoms with E-state index in [-0.39, 0.29) is 16.6 Å². The molecule has 0 saturated carbocycles. The first-order chi connectivity index (χ1) is 15.4. The van der Waals surface area contributed by atoms with E-state index in [0.29, 0.717) is 24.4 Å². The Kier molecular flexibility index (Phi) is 6.38. The SMILES string of the molecule is O=C(COc1ccccc1)NC(=S)Nc1ccc(S(=O)(=O)N2CCc3ccccc32)cc1. The van der Waals surface area contributed by atoms with Crippen LogP contribution in [0.4, 0.5) is 11.4 Å². The Bertz CT molecular complexity index is 1230. The zero-order chi connectivity index (χ0) is 22.6. The van der Waals surface area contributed by atoms with E-state index in [1.54, 1.807) is 24.3 Å². The maximum absolute atomic E-state index is 13.1. The number of hydrogen-bond acceptors (Lipinski definition) is 5. The maximum atomic E-state index is 13.1. The number of hydrogen-bond donors (Lipinski definition) is 2. The first kappa shape index (κ1) is 21.8. The fraction of sp³-hybridized carbons (Fsp3) is 0.130. The van der Waals surface area contributed by atoms with Crippen molar-refractivity contribution in [3.63, 3.8) is 0 Å². The smallest absolute Gasteiger partial charge is 0.264 e. The number of nitrogens with one attached hydrogen (secondary N) is 2. The molecule has 0 aliphatic carbocycles. The van der Waals surface area contributed by atoms with E-state index in [4.69, 9.17) is 17.0 Å². The van der Waals surface area contributed by atoms with Crippen LogP contribution < -0.4 is 19.7 Å². The number of rotatable bonds is 6. The van der Waals surface area contributed by atoms with Gasteiger partial charge >= 0.3 is 0 Å². The van der Waals surface area contributed by atoms with Crippen molar-refractivity contribution >= 4 is 44.6 Å². The standard InChI is InChI=1S/C23H21N3O4S2/c27-22(16-30-19-7-2-1-3-8-19)25-23(31)24-18-10-12-20(13-11-18)32(28,29)26-15-14-17-6-4-5-9-21(17)26/h1-13H,14-16H2,(H2,24,25,27,31). The van der Waals surface area contributed by atoms with Gasteiger partial charge in [-0.3, -0.25) is 14.4 Å². The summed E-state index contributed by atoms with van der Waals surface area (Å²) in [7, 11) is -3.66. The molecule has 9 heteroatoms. The number of carbonyl (C=O) groups is 1. The number of fused-ring (bicyclic) bond motifs is 1. The summed E-state index contributed by atoms with van der Waals surface area (Å²) in [6.45, 7) is 0.239. The molecule has 1 aliphatic heterocycles. The summed E-state index contributed by atoms with van der Waals surface area (Å²) < 4.78 is 33.0. The number of carbonyl (C=O) groups excluding carboxylic acids is 1. The molecule has 1 amide bonds. The van der Waals surface area contributed by atoms with Crippen molar-refractivity contribution in [2.24, 2.45) is 0 Å². The second-order valence-electron chi connectivity index (χ2n) is 7.08. The summed E-state index contributed by atoms with van der Waals surface area (Å²) in [6.07, 6.45) is 0.691. The number of amides is 1. The average Bonchev–Trinajstić information content (AvgIpc) is 3.24. The minimum Gasteiger partial charge on any atom is -0.484 e. The zero-order valence-corrected chi connectivity index (χ0v) is 18.7. The van der Waals surface area contributed by atoms with E-state index in [0.717, 1.165) is 11.3 Å². The summed E-state index contributed by atoms with van der Waals surface area (Å²) in [6, 6.07) is 22.7. The first-order valence-corrected chi connectivity index (χ1v) is 11.8. The Morgan fingerprint density at radius 3 is 2.41 bits per heavy atom. The quantitative estimate of drug-likeness (QED) is 0.541. The van der Waals surface area contributed by atoms with E-state index >= 15 is 0 Å². The lowest BCUT2D eigenvalue weighted by Gasteiger charge is -2.19. The van der Waals surface area contributed by atoms with Crippen LogP contribution in [0.1, 0.15) is 5.56 Å². The van der Waals surface area contributed by atoms with Crippen LogP contribution in [-0.4, -0.2) is 32.6 Å². The molecule has 164 valence electrons. The maximum Gasteiger partial charge on any atom is 0.264 e. The largest absolute Gasteiger partial charge is 0.484 e. The molecule has 0 bridgehead atoms. The fourth-order valence-electron chi connectivity index (χ4n) is 3.39. The average molecular weight is 468 g/mol. The number of sulfonamides is 1. The molecule has 0 unspecified atom stereocenters. The normalized spacial score (nSPS) is 12.7. The van der Waals surface area contributed by atoms with Crippen LogP contribution in [0.2, 0.25) is 0 Å². The highest BCUT2D eigenvalue weighted by atomic mass is 32.2. The molecule has 32 heavy (non-hydrogen) atoms. The number of ether oxygens (including phenoxy) is 1. The summed E-state index contributed by atoms with van der Waals surface area (Å²) in [5.41, 5.74) is 2.29. The van der Waals surface area contributed by atoms with E-state index in [1.807, 2.05) is 42.5 Å². The van der Waals surface area contributed by atoms with Gasteiger partial charge in [-0.2, -0.15) is 0 Å². The molecule has 4 rings (SSSR count). The molecule has 0 radical (unpaired) electrons. The predicted octanol–water partition coefficient (Wildman–Crippen LogP) is 3.33. The van der Waals surface area contributed by atoms with Crippen molar-refractivity contribution < 1.29 is 17.9 Å². The van der Waals surface area contributed by atoms with Crippen molar-refractivity contribution in [1.29, 1.82) is 0 Å². The Labute approximate surface area is 192 Å². The monoisotopic (exact) mass is 467 g/mol. The highest BCUT2D eigenvalue weighted by molar-refractivity contribution is 7.92. The summed E-state index contributed by atoms with van der Waals surface area (Å²) in [5, 5.41) is 5.49. The van der Waals surface area contributed by atoms with E-state index in [2.05, 4.69) is 10.6 Å². The van der Waals surface area contributed by atoms with Crippen LogP contribution in [0.15, 0.2) is 83.8 Å². The molecule has 3 aromatic rings. The highest BCUT2D eigenvalue weighted by Crippen LogP contribution is 2.32. The van der Waals surface area contributed by atoms with Crippen molar-refractivity contribution in [1.82, 2.24) is 5.32 Å². The predicted molar refractivity (Wildman–Crippen MR) is 127 cm³/mol. The third-order valence-corrected chi connectivity index (χ3v) is 6.94. The number of thiocarbonyl (C=S) groups is 1. The molecule has 1 heterocycles. The third-order valence-electron chi connectivity index (χ3n) is 4.91. The lowest BCUT2D eigenvalue weighted by atomic mass is 10.2. The molecule has 1 aliphatic rings. The van der Waals surface area contributed by atoms with Gasteiger partial charge in [0, 0.05) is 12.2 Å². The first-order valence-electron chi connectivity index (χ1n) is 9.93. The Morgan fingerprint density at radius 2 is 1.66 bits per heavy atom. The lowest BCUT2D eigenvalue weighted by Crippen LogP contribution is -2.37. The van der Waals surface area contributed by atoms with Gasteiger partial charge in [0.1, 0.15) is 5.75 Å². The molecular formula is C23H21N3O4S2. The second-order valence-corrected chi connectivity index (χ2v) is 9.35. The van der Waals surface area contributed by atoms with Crippen LogP contribution in [0.5, 0.6) is 5.75 Å². The van der Waals surface area contributed by atoms with Gasteiger partial charge < -0.3 is 10.1 Å². The molecule has 7 nitrogen and oxygen atoms in total. The molecule has 0 spiro atoms. The van der Waals surface area contributed by atoms with E-state index in [9.17, 15) is 13.2 Å². The van der Waals surface area contributed by atoms with Gasteiger partial charge in [-0.25, -0.2) is 8.42 Å². The van der Waals surface area contributed by atoms with Crippen LogP contribution >= 0.6 is 12.2 Å². The summed E-state index contributed by atoms with van der Waals surface area (Å²) >= 11 is 5.16. The molecule has 2 N–H and O–H groups in total.